The Labute approximate surface area is 75.5 Å². The summed E-state index contributed by atoms with van der Waals surface area (Å²) < 4.78 is 0. The molecule has 70 valence electrons. The molecule has 0 N–H and O–H groups in total. The lowest BCUT2D eigenvalue weighted by molar-refractivity contribution is -0.115. The third-order valence-corrected chi connectivity index (χ3v) is 2.99. The van der Waals surface area contributed by atoms with Crippen LogP contribution in [0.15, 0.2) is 0 Å². The van der Waals surface area contributed by atoms with Crippen LogP contribution in [0.3, 0.4) is 0 Å². The van der Waals surface area contributed by atoms with Crippen molar-refractivity contribution in [2.45, 2.75) is 52.4 Å². The fourth-order valence-electron chi connectivity index (χ4n) is 1.93. The highest BCUT2D eigenvalue weighted by molar-refractivity contribution is 5.57. The van der Waals surface area contributed by atoms with Crippen LogP contribution in [-0.4, -0.2) is 6.29 Å². The van der Waals surface area contributed by atoms with E-state index in [9.17, 15) is 4.79 Å². The maximum absolute atomic E-state index is 10.6. The Balaban J connectivity index is 2.19. The van der Waals surface area contributed by atoms with Crippen LogP contribution in [0.5, 0.6) is 0 Å². The molecule has 0 bridgehead atoms. The first kappa shape index (κ1) is 9.76. The third-order valence-electron chi connectivity index (χ3n) is 2.99. The van der Waals surface area contributed by atoms with Crippen molar-refractivity contribution in [3.05, 3.63) is 0 Å². The van der Waals surface area contributed by atoms with E-state index in [1.807, 2.05) is 13.8 Å². The SMILES string of the molecule is CC(C)(C=O)CCC1CCCC1. The van der Waals surface area contributed by atoms with Crippen LogP contribution in [0.2, 0.25) is 0 Å². The second-order valence-electron chi connectivity index (χ2n) is 4.80. The molecule has 1 rings (SSSR count). The fraction of sp³-hybridized carbons (Fsp3) is 0.909. The second kappa shape index (κ2) is 4.06. The average molecular weight is 168 g/mol. The van der Waals surface area contributed by atoms with Gasteiger partial charge < -0.3 is 4.79 Å². The highest BCUT2D eigenvalue weighted by atomic mass is 16.1. The van der Waals surface area contributed by atoms with E-state index in [-0.39, 0.29) is 5.41 Å². The highest BCUT2D eigenvalue weighted by Crippen LogP contribution is 2.32. The van der Waals surface area contributed by atoms with Gasteiger partial charge in [-0.25, -0.2) is 0 Å². The maximum atomic E-state index is 10.6. The molecule has 12 heavy (non-hydrogen) atoms. The molecule has 1 heteroatoms. The summed E-state index contributed by atoms with van der Waals surface area (Å²) >= 11 is 0. The normalized spacial score (nSPS) is 19.8. The average Bonchev–Trinajstić information content (AvgIpc) is 2.53. The van der Waals surface area contributed by atoms with E-state index in [1.54, 1.807) is 0 Å². The summed E-state index contributed by atoms with van der Waals surface area (Å²) in [6, 6.07) is 0. The van der Waals surface area contributed by atoms with Crippen molar-refractivity contribution in [1.82, 2.24) is 0 Å². The molecular formula is C11H20O. The summed E-state index contributed by atoms with van der Waals surface area (Å²) in [6.45, 7) is 4.07. The number of hydrogen-bond donors (Lipinski definition) is 0. The van der Waals surface area contributed by atoms with Crippen molar-refractivity contribution >= 4 is 6.29 Å². The van der Waals surface area contributed by atoms with Crippen molar-refractivity contribution in [2.75, 3.05) is 0 Å². The van der Waals surface area contributed by atoms with Gasteiger partial charge in [-0.2, -0.15) is 0 Å². The standard InChI is InChI=1S/C11H20O/c1-11(2,9-12)8-7-10-5-3-4-6-10/h9-10H,3-8H2,1-2H3. The van der Waals surface area contributed by atoms with Crippen LogP contribution in [0, 0.1) is 11.3 Å². The Morgan fingerprint density at radius 2 is 1.92 bits per heavy atom. The van der Waals surface area contributed by atoms with Crippen LogP contribution in [0.4, 0.5) is 0 Å². The van der Waals surface area contributed by atoms with Crippen molar-refractivity contribution in [3.63, 3.8) is 0 Å². The molecule has 1 nitrogen and oxygen atoms in total. The van der Waals surface area contributed by atoms with E-state index in [0.29, 0.717) is 0 Å². The van der Waals surface area contributed by atoms with Gasteiger partial charge >= 0.3 is 0 Å². The molecule has 1 fully saturated rings. The molecule has 0 atom stereocenters. The third kappa shape index (κ3) is 2.96. The lowest BCUT2D eigenvalue weighted by Gasteiger charge is -2.18. The molecule has 0 aromatic heterocycles. The molecule has 0 aliphatic heterocycles. The van der Waals surface area contributed by atoms with Crippen molar-refractivity contribution in [2.24, 2.45) is 11.3 Å². The van der Waals surface area contributed by atoms with Crippen LogP contribution >= 0.6 is 0 Å². The van der Waals surface area contributed by atoms with Gasteiger partial charge in [-0.3, -0.25) is 0 Å². The molecule has 0 amide bonds. The lowest BCUT2D eigenvalue weighted by Crippen LogP contribution is -2.14. The van der Waals surface area contributed by atoms with E-state index < -0.39 is 0 Å². The Kier molecular flexibility index (Phi) is 3.30. The Morgan fingerprint density at radius 3 is 2.42 bits per heavy atom. The van der Waals surface area contributed by atoms with Gasteiger partial charge in [-0.05, 0) is 18.8 Å². The first-order valence-corrected chi connectivity index (χ1v) is 5.10. The van der Waals surface area contributed by atoms with Crippen molar-refractivity contribution in [3.8, 4) is 0 Å². The Bertz CT molecular complexity index is 143. The number of carbonyl (C=O) groups excluding carboxylic acids is 1. The minimum Gasteiger partial charge on any atom is -0.303 e. The summed E-state index contributed by atoms with van der Waals surface area (Å²) in [5.41, 5.74) is -0.0808. The van der Waals surface area contributed by atoms with E-state index >= 15 is 0 Å². The van der Waals surface area contributed by atoms with E-state index in [0.717, 1.165) is 18.6 Å². The van der Waals surface area contributed by atoms with Crippen molar-refractivity contribution < 1.29 is 4.79 Å². The van der Waals surface area contributed by atoms with Gasteiger partial charge in [0.1, 0.15) is 6.29 Å². The van der Waals surface area contributed by atoms with Gasteiger partial charge in [0.15, 0.2) is 0 Å². The number of hydrogen-bond acceptors (Lipinski definition) is 1. The summed E-state index contributed by atoms with van der Waals surface area (Å²) in [7, 11) is 0. The van der Waals surface area contributed by atoms with Gasteiger partial charge in [-0.15, -0.1) is 0 Å². The first-order chi connectivity index (χ1) is 5.64. The molecule has 0 aromatic carbocycles. The molecule has 0 unspecified atom stereocenters. The van der Waals surface area contributed by atoms with Gasteiger partial charge in [0.25, 0.3) is 0 Å². The fourth-order valence-corrected chi connectivity index (χ4v) is 1.93. The minimum atomic E-state index is -0.0808. The topological polar surface area (TPSA) is 17.1 Å². The molecule has 1 aliphatic carbocycles. The van der Waals surface area contributed by atoms with Gasteiger partial charge in [-0.1, -0.05) is 39.5 Å². The minimum absolute atomic E-state index is 0.0808. The number of carbonyl (C=O) groups is 1. The summed E-state index contributed by atoms with van der Waals surface area (Å²) in [4.78, 5) is 10.6. The molecule has 0 heterocycles. The molecule has 0 saturated heterocycles. The van der Waals surface area contributed by atoms with Gasteiger partial charge in [0, 0.05) is 5.41 Å². The molecule has 1 saturated carbocycles. The zero-order valence-electron chi connectivity index (χ0n) is 8.31. The smallest absolute Gasteiger partial charge is 0.125 e. The van der Waals surface area contributed by atoms with Gasteiger partial charge in [0.05, 0.1) is 0 Å². The predicted octanol–water partition coefficient (Wildman–Crippen LogP) is 3.18. The summed E-state index contributed by atoms with van der Waals surface area (Å²) in [5.74, 6) is 0.921. The molecule has 0 spiro atoms. The zero-order chi connectivity index (χ0) is 9.03. The zero-order valence-corrected chi connectivity index (χ0v) is 8.31. The van der Waals surface area contributed by atoms with Crippen LogP contribution in [-0.2, 0) is 4.79 Å². The Morgan fingerprint density at radius 1 is 1.33 bits per heavy atom. The summed E-state index contributed by atoms with van der Waals surface area (Å²) in [5, 5.41) is 0. The first-order valence-electron chi connectivity index (χ1n) is 5.10. The molecular weight excluding hydrogens is 148 g/mol. The lowest BCUT2D eigenvalue weighted by atomic mass is 9.86. The summed E-state index contributed by atoms with van der Waals surface area (Å²) in [6.07, 6.45) is 9.04. The van der Waals surface area contributed by atoms with E-state index in [2.05, 4.69) is 0 Å². The van der Waals surface area contributed by atoms with Gasteiger partial charge in [0.2, 0.25) is 0 Å². The molecule has 0 radical (unpaired) electrons. The van der Waals surface area contributed by atoms with E-state index in [4.69, 9.17) is 0 Å². The quantitative estimate of drug-likeness (QED) is 0.589. The number of aldehydes is 1. The van der Waals surface area contributed by atoms with Crippen molar-refractivity contribution in [1.29, 1.82) is 0 Å². The highest BCUT2D eigenvalue weighted by Gasteiger charge is 2.21. The maximum Gasteiger partial charge on any atom is 0.125 e. The van der Waals surface area contributed by atoms with E-state index in [1.165, 1.54) is 32.1 Å². The molecule has 1 aliphatic rings. The second-order valence-corrected chi connectivity index (χ2v) is 4.80. The number of rotatable bonds is 4. The van der Waals surface area contributed by atoms with Crippen LogP contribution < -0.4 is 0 Å². The predicted molar refractivity (Wildman–Crippen MR) is 51.0 cm³/mol. The van der Waals surface area contributed by atoms with Crippen LogP contribution in [0.1, 0.15) is 52.4 Å². The van der Waals surface area contributed by atoms with Crippen LogP contribution in [0.25, 0.3) is 0 Å². The Hall–Kier alpha value is -0.330. The monoisotopic (exact) mass is 168 g/mol. The molecule has 0 aromatic rings. The largest absolute Gasteiger partial charge is 0.303 e.